The number of carboxylic acid groups (broad SMARTS) is 1. The van der Waals surface area contributed by atoms with Crippen molar-refractivity contribution >= 4 is 23.6 Å². The molecule has 2 N–H and O–H groups in total. The Hall–Kier alpha value is -1.89. The van der Waals surface area contributed by atoms with Crippen molar-refractivity contribution in [1.82, 2.24) is 5.32 Å². The molecule has 0 saturated carbocycles. The third kappa shape index (κ3) is 4.56. The van der Waals surface area contributed by atoms with Crippen molar-refractivity contribution in [2.24, 2.45) is 0 Å². The van der Waals surface area contributed by atoms with Crippen LogP contribution in [-0.4, -0.2) is 41.7 Å². The number of hydrogen-bond donors (Lipinski definition) is 2. The number of hydrogen-bond acceptors (Lipinski definition) is 5. The van der Waals surface area contributed by atoms with Crippen molar-refractivity contribution in [2.75, 3.05) is 24.7 Å². The molecule has 114 valence electrons. The van der Waals surface area contributed by atoms with E-state index < -0.39 is 5.97 Å². The van der Waals surface area contributed by atoms with Crippen LogP contribution in [0.3, 0.4) is 0 Å². The monoisotopic (exact) mass is 311 g/mol. The summed E-state index contributed by atoms with van der Waals surface area (Å²) in [6, 6.07) is 5.37. The van der Waals surface area contributed by atoms with Crippen LogP contribution in [0.4, 0.5) is 0 Å². The van der Waals surface area contributed by atoms with E-state index in [9.17, 15) is 9.59 Å². The standard InChI is InChI=1S/C14H17NO5S/c1-9(15-13(16)7-21-8-14(17)18)10-2-3-11-12(6-10)20-5-4-19-11/h2-3,6,9H,4-5,7-8H2,1H3,(H,15,16)(H,17,18). The molecule has 0 fully saturated rings. The largest absolute Gasteiger partial charge is 0.486 e. The third-order valence-electron chi connectivity index (χ3n) is 2.90. The molecule has 6 nitrogen and oxygen atoms in total. The average Bonchev–Trinajstić information content (AvgIpc) is 2.46. The molecule has 1 amide bonds. The number of nitrogens with one attached hydrogen (secondary N) is 1. The lowest BCUT2D eigenvalue weighted by atomic mass is 10.1. The SMILES string of the molecule is CC(NC(=O)CSCC(=O)O)c1ccc2c(c1)OCCO2. The van der Waals surface area contributed by atoms with E-state index in [-0.39, 0.29) is 23.5 Å². The minimum absolute atomic E-state index is 0.0776. The summed E-state index contributed by atoms with van der Waals surface area (Å²) in [7, 11) is 0. The van der Waals surface area contributed by atoms with Gasteiger partial charge in [0.05, 0.1) is 17.5 Å². The van der Waals surface area contributed by atoms with Gasteiger partial charge in [0.15, 0.2) is 11.5 Å². The van der Waals surface area contributed by atoms with E-state index in [1.54, 1.807) is 0 Å². The van der Waals surface area contributed by atoms with Gasteiger partial charge in [-0.2, -0.15) is 0 Å². The number of carbonyl (C=O) groups is 2. The molecule has 1 aliphatic rings. The van der Waals surface area contributed by atoms with Crippen LogP contribution in [0.1, 0.15) is 18.5 Å². The summed E-state index contributed by atoms with van der Waals surface area (Å²) >= 11 is 1.07. The molecule has 1 aliphatic heterocycles. The van der Waals surface area contributed by atoms with Gasteiger partial charge in [-0.05, 0) is 24.6 Å². The molecule has 1 heterocycles. The Morgan fingerprint density at radius 3 is 2.71 bits per heavy atom. The second kappa shape index (κ2) is 7.21. The maximum Gasteiger partial charge on any atom is 0.313 e. The first kappa shape index (κ1) is 15.5. The highest BCUT2D eigenvalue weighted by Crippen LogP contribution is 2.32. The molecule has 1 aromatic carbocycles. The first-order valence-electron chi connectivity index (χ1n) is 6.54. The van der Waals surface area contributed by atoms with Gasteiger partial charge in [0, 0.05) is 0 Å². The number of benzene rings is 1. The van der Waals surface area contributed by atoms with Gasteiger partial charge < -0.3 is 19.9 Å². The lowest BCUT2D eigenvalue weighted by Gasteiger charge is -2.21. The van der Waals surface area contributed by atoms with E-state index >= 15 is 0 Å². The normalized spacial score (nSPS) is 14.3. The first-order valence-corrected chi connectivity index (χ1v) is 7.70. The minimum Gasteiger partial charge on any atom is -0.486 e. The first-order chi connectivity index (χ1) is 10.1. The van der Waals surface area contributed by atoms with E-state index in [1.807, 2.05) is 25.1 Å². The Kier molecular flexibility index (Phi) is 5.32. The molecule has 0 radical (unpaired) electrons. The highest BCUT2D eigenvalue weighted by Gasteiger charge is 2.15. The summed E-state index contributed by atoms with van der Waals surface area (Å²) in [4.78, 5) is 22.1. The molecular formula is C14H17NO5S. The van der Waals surface area contributed by atoms with Crippen LogP contribution < -0.4 is 14.8 Å². The maximum absolute atomic E-state index is 11.7. The summed E-state index contributed by atoms with van der Waals surface area (Å²) in [6.07, 6.45) is 0. The minimum atomic E-state index is -0.923. The van der Waals surface area contributed by atoms with Gasteiger partial charge in [0.2, 0.25) is 5.91 Å². The Bertz CT molecular complexity index is 534. The fraction of sp³-hybridized carbons (Fsp3) is 0.429. The van der Waals surface area contributed by atoms with Gasteiger partial charge in [-0.3, -0.25) is 9.59 Å². The lowest BCUT2D eigenvalue weighted by Crippen LogP contribution is -2.28. The second-order valence-corrected chi connectivity index (χ2v) is 5.56. The zero-order valence-corrected chi connectivity index (χ0v) is 12.4. The van der Waals surface area contributed by atoms with E-state index in [0.29, 0.717) is 24.7 Å². The quantitative estimate of drug-likeness (QED) is 0.827. The van der Waals surface area contributed by atoms with Crippen molar-refractivity contribution in [3.05, 3.63) is 23.8 Å². The second-order valence-electron chi connectivity index (χ2n) is 4.58. The van der Waals surface area contributed by atoms with Crippen molar-refractivity contribution in [2.45, 2.75) is 13.0 Å². The van der Waals surface area contributed by atoms with Crippen molar-refractivity contribution in [3.8, 4) is 11.5 Å². The van der Waals surface area contributed by atoms with Crippen molar-refractivity contribution < 1.29 is 24.2 Å². The molecule has 1 unspecified atom stereocenters. The fourth-order valence-electron chi connectivity index (χ4n) is 1.93. The number of rotatable bonds is 6. The van der Waals surface area contributed by atoms with Gasteiger partial charge in [-0.1, -0.05) is 6.07 Å². The zero-order valence-electron chi connectivity index (χ0n) is 11.6. The molecule has 7 heteroatoms. The van der Waals surface area contributed by atoms with Crippen molar-refractivity contribution in [3.63, 3.8) is 0 Å². The zero-order chi connectivity index (χ0) is 15.2. The van der Waals surface area contributed by atoms with Crippen LogP contribution >= 0.6 is 11.8 Å². The van der Waals surface area contributed by atoms with Gasteiger partial charge in [-0.15, -0.1) is 11.8 Å². The molecule has 2 rings (SSSR count). The van der Waals surface area contributed by atoms with Gasteiger partial charge in [0.25, 0.3) is 0 Å². The average molecular weight is 311 g/mol. The van der Waals surface area contributed by atoms with Crippen LogP contribution in [0.15, 0.2) is 18.2 Å². The molecule has 21 heavy (non-hydrogen) atoms. The van der Waals surface area contributed by atoms with E-state index in [1.165, 1.54) is 0 Å². The predicted octanol–water partition coefficient (Wildman–Crippen LogP) is 1.45. The number of fused-ring (bicyclic) bond motifs is 1. The molecule has 0 aliphatic carbocycles. The van der Waals surface area contributed by atoms with Crippen molar-refractivity contribution in [1.29, 1.82) is 0 Å². The Labute approximate surface area is 126 Å². The number of carboxylic acids is 1. The van der Waals surface area contributed by atoms with Crippen LogP contribution in [0.5, 0.6) is 11.5 Å². The van der Waals surface area contributed by atoms with Crippen LogP contribution in [0, 0.1) is 0 Å². The summed E-state index contributed by atoms with van der Waals surface area (Å²) in [5, 5.41) is 11.3. The number of aliphatic carboxylic acids is 1. The van der Waals surface area contributed by atoms with E-state index in [2.05, 4.69) is 5.32 Å². The maximum atomic E-state index is 11.7. The molecule has 0 spiro atoms. The predicted molar refractivity (Wildman–Crippen MR) is 79.0 cm³/mol. The number of thioether (sulfide) groups is 1. The smallest absolute Gasteiger partial charge is 0.313 e. The summed E-state index contributed by atoms with van der Waals surface area (Å²) in [6.45, 7) is 2.92. The van der Waals surface area contributed by atoms with E-state index in [4.69, 9.17) is 14.6 Å². The summed E-state index contributed by atoms with van der Waals surface area (Å²) in [5.74, 6) is 0.324. The summed E-state index contributed by atoms with van der Waals surface area (Å²) < 4.78 is 10.9. The topological polar surface area (TPSA) is 84.9 Å². The molecule has 0 saturated heterocycles. The number of carbonyl (C=O) groups excluding carboxylic acids is 1. The van der Waals surface area contributed by atoms with Crippen LogP contribution in [0.25, 0.3) is 0 Å². The molecular weight excluding hydrogens is 294 g/mol. The Balaban J connectivity index is 1.89. The van der Waals surface area contributed by atoms with Crippen LogP contribution in [0.2, 0.25) is 0 Å². The fourth-order valence-corrected chi connectivity index (χ4v) is 2.47. The molecule has 0 bridgehead atoms. The molecule has 1 aromatic rings. The summed E-state index contributed by atoms with van der Waals surface area (Å²) in [5.41, 5.74) is 0.913. The Morgan fingerprint density at radius 2 is 2.00 bits per heavy atom. The van der Waals surface area contributed by atoms with E-state index in [0.717, 1.165) is 17.3 Å². The van der Waals surface area contributed by atoms with Gasteiger partial charge in [0.1, 0.15) is 13.2 Å². The number of ether oxygens (including phenoxy) is 2. The molecule has 0 aromatic heterocycles. The highest BCUT2D eigenvalue weighted by atomic mass is 32.2. The number of amides is 1. The van der Waals surface area contributed by atoms with Gasteiger partial charge >= 0.3 is 5.97 Å². The lowest BCUT2D eigenvalue weighted by molar-refractivity contribution is -0.133. The third-order valence-corrected chi connectivity index (χ3v) is 3.82. The Morgan fingerprint density at radius 1 is 1.29 bits per heavy atom. The highest BCUT2D eigenvalue weighted by molar-refractivity contribution is 8.00. The molecule has 1 atom stereocenters. The van der Waals surface area contributed by atoms with Crippen LogP contribution in [-0.2, 0) is 9.59 Å². The van der Waals surface area contributed by atoms with Gasteiger partial charge in [-0.25, -0.2) is 0 Å².